The fourth-order valence-electron chi connectivity index (χ4n) is 1.36. The van der Waals surface area contributed by atoms with Gasteiger partial charge in [-0.1, -0.05) is 0 Å². The van der Waals surface area contributed by atoms with Crippen molar-refractivity contribution in [2.75, 3.05) is 13.1 Å². The lowest BCUT2D eigenvalue weighted by atomic mass is 9.76. The van der Waals surface area contributed by atoms with E-state index in [1.165, 1.54) is 6.92 Å². The van der Waals surface area contributed by atoms with Crippen LogP contribution in [0.25, 0.3) is 0 Å². The Morgan fingerprint density at radius 3 is 2.73 bits per heavy atom. The summed E-state index contributed by atoms with van der Waals surface area (Å²) in [6.07, 6.45) is -0.405. The van der Waals surface area contributed by atoms with Crippen molar-refractivity contribution in [3.05, 3.63) is 0 Å². The molecule has 2 atom stereocenters. The number of piperidine rings is 1. The Morgan fingerprint density at radius 1 is 1.73 bits per heavy atom. The highest BCUT2D eigenvalue weighted by Crippen LogP contribution is 2.31. The van der Waals surface area contributed by atoms with Gasteiger partial charge in [0.15, 0.2) is 0 Å². The second kappa shape index (κ2) is 2.89. The SMILES string of the molecule is CC(=O)[C@@]1(C)CCNC[C@H]1F. The van der Waals surface area contributed by atoms with Crippen LogP contribution in [0.15, 0.2) is 0 Å². The number of halogens is 1. The summed E-state index contributed by atoms with van der Waals surface area (Å²) in [5.74, 6) is -0.0356. The van der Waals surface area contributed by atoms with E-state index in [-0.39, 0.29) is 5.78 Å². The smallest absolute Gasteiger partial charge is 0.138 e. The van der Waals surface area contributed by atoms with Crippen LogP contribution in [0.3, 0.4) is 0 Å². The van der Waals surface area contributed by atoms with Crippen molar-refractivity contribution in [1.82, 2.24) is 5.32 Å². The molecule has 1 saturated heterocycles. The maximum atomic E-state index is 13.2. The number of Topliss-reactive ketones (excluding diaryl/α,β-unsaturated/α-hetero) is 1. The molecule has 2 nitrogen and oxygen atoms in total. The molecule has 0 aromatic carbocycles. The fraction of sp³-hybridized carbons (Fsp3) is 0.875. The van der Waals surface area contributed by atoms with E-state index in [4.69, 9.17) is 0 Å². The largest absolute Gasteiger partial charge is 0.314 e. The molecule has 3 heteroatoms. The van der Waals surface area contributed by atoms with Crippen LogP contribution >= 0.6 is 0 Å². The number of ketones is 1. The molecule has 64 valence electrons. The molecule has 0 aromatic rings. The number of hydrogen-bond acceptors (Lipinski definition) is 2. The van der Waals surface area contributed by atoms with Gasteiger partial charge in [0.1, 0.15) is 12.0 Å². The molecule has 0 saturated carbocycles. The van der Waals surface area contributed by atoms with Crippen molar-refractivity contribution in [3.63, 3.8) is 0 Å². The molecule has 0 aromatic heterocycles. The van der Waals surface area contributed by atoms with Gasteiger partial charge in [-0.05, 0) is 26.8 Å². The summed E-state index contributed by atoms with van der Waals surface area (Å²) in [4.78, 5) is 11.1. The monoisotopic (exact) mass is 159 g/mol. The van der Waals surface area contributed by atoms with Crippen LogP contribution in [-0.2, 0) is 4.79 Å². The number of carbonyl (C=O) groups is 1. The highest BCUT2D eigenvalue weighted by Gasteiger charge is 2.40. The van der Waals surface area contributed by atoms with E-state index >= 15 is 0 Å². The van der Waals surface area contributed by atoms with Crippen molar-refractivity contribution in [2.24, 2.45) is 5.41 Å². The van der Waals surface area contributed by atoms with Crippen LogP contribution in [0.1, 0.15) is 20.3 Å². The third kappa shape index (κ3) is 1.43. The molecule has 0 unspecified atom stereocenters. The first-order valence-electron chi connectivity index (χ1n) is 3.93. The molecular formula is C8H14FNO. The number of alkyl halides is 1. The highest BCUT2D eigenvalue weighted by molar-refractivity contribution is 5.82. The van der Waals surface area contributed by atoms with Gasteiger partial charge in [-0.25, -0.2) is 4.39 Å². The lowest BCUT2D eigenvalue weighted by Gasteiger charge is -2.34. The summed E-state index contributed by atoms with van der Waals surface area (Å²) in [6, 6.07) is 0. The van der Waals surface area contributed by atoms with Gasteiger partial charge in [0, 0.05) is 6.54 Å². The lowest BCUT2D eigenvalue weighted by molar-refractivity contribution is -0.130. The first kappa shape index (κ1) is 8.65. The molecular weight excluding hydrogens is 145 g/mol. The Morgan fingerprint density at radius 2 is 2.36 bits per heavy atom. The van der Waals surface area contributed by atoms with Gasteiger partial charge in [-0.3, -0.25) is 4.79 Å². The van der Waals surface area contributed by atoms with E-state index in [2.05, 4.69) is 5.32 Å². The third-order valence-corrected chi connectivity index (χ3v) is 2.64. The number of hydrogen-bond donors (Lipinski definition) is 1. The molecule has 0 bridgehead atoms. The lowest BCUT2D eigenvalue weighted by Crippen LogP contribution is -2.48. The molecule has 1 heterocycles. The standard InChI is InChI=1S/C8H14FNO/c1-6(11)8(2)3-4-10-5-7(8)9/h7,10H,3-5H2,1-2H3/t7-,8-/m1/s1. The Hall–Kier alpha value is -0.440. The van der Waals surface area contributed by atoms with Crippen molar-refractivity contribution >= 4 is 5.78 Å². The molecule has 1 fully saturated rings. The van der Waals surface area contributed by atoms with Gasteiger partial charge in [0.2, 0.25) is 0 Å². The summed E-state index contributed by atoms with van der Waals surface area (Å²) < 4.78 is 13.2. The van der Waals surface area contributed by atoms with Crippen molar-refractivity contribution in [1.29, 1.82) is 0 Å². The average Bonchev–Trinajstić information content (AvgIpc) is 1.95. The van der Waals surface area contributed by atoms with Gasteiger partial charge in [-0.2, -0.15) is 0 Å². The second-order valence-electron chi connectivity index (χ2n) is 3.40. The number of nitrogens with one attached hydrogen (secondary N) is 1. The van der Waals surface area contributed by atoms with Crippen LogP contribution in [0.5, 0.6) is 0 Å². The Kier molecular flexibility index (Phi) is 2.28. The molecule has 0 radical (unpaired) electrons. The van der Waals surface area contributed by atoms with Crippen molar-refractivity contribution in [2.45, 2.75) is 26.4 Å². The van der Waals surface area contributed by atoms with E-state index in [1.807, 2.05) is 0 Å². The first-order chi connectivity index (χ1) is 5.07. The molecule has 1 N–H and O–H groups in total. The van der Waals surface area contributed by atoms with E-state index in [9.17, 15) is 9.18 Å². The van der Waals surface area contributed by atoms with Crippen LogP contribution in [0, 0.1) is 5.41 Å². The molecule has 1 rings (SSSR count). The molecule has 0 amide bonds. The van der Waals surface area contributed by atoms with E-state index in [0.29, 0.717) is 13.0 Å². The van der Waals surface area contributed by atoms with Crippen LogP contribution in [0.2, 0.25) is 0 Å². The minimum absolute atomic E-state index is 0.0356. The van der Waals surface area contributed by atoms with Crippen molar-refractivity contribution in [3.8, 4) is 0 Å². The Balaban J connectivity index is 2.72. The normalized spacial score (nSPS) is 38.6. The summed E-state index contributed by atoms with van der Waals surface area (Å²) in [7, 11) is 0. The number of rotatable bonds is 1. The van der Waals surface area contributed by atoms with Crippen LogP contribution in [-0.4, -0.2) is 25.0 Å². The summed E-state index contributed by atoms with van der Waals surface area (Å²) >= 11 is 0. The quantitative estimate of drug-likeness (QED) is 0.616. The first-order valence-corrected chi connectivity index (χ1v) is 3.93. The second-order valence-corrected chi connectivity index (χ2v) is 3.40. The minimum Gasteiger partial charge on any atom is -0.314 e. The molecule has 0 spiro atoms. The van der Waals surface area contributed by atoms with Gasteiger partial charge >= 0.3 is 0 Å². The maximum absolute atomic E-state index is 13.2. The summed E-state index contributed by atoms with van der Waals surface area (Å²) in [6.45, 7) is 4.24. The van der Waals surface area contributed by atoms with Gasteiger partial charge < -0.3 is 5.32 Å². The third-order valence-electron chi connectivity index (χ3n) is 2.64. The number of carbonyl (C=O) groups excluding carboxylic acids is 1. The van der Waals surface area contributed by atoms with E-state index in [0.717, 1.165) is 6.54 Å². The zero-order valence-corrected chi connectivity index (χ0v) is 6.98. The van der Waals surface area contributed by atoms with Gasteiger partial charge in [0.05, 0.1) is 5.41 Å². The molecule has 1 aliphatic heterocycles. The zero-order valence-electron chi connectivity index (χ0n) is 6.98. The van der Waals surface area contributed by atoms with Crippen LogP contribution < -0.4 is 5.32 Å². The van der Waals surface area contributed by atoms with Gasteiger partial charge in [0.25, 0.3) is 0 Å². The van der Waals surface area contributed by atoms with E-state index < -0.39 is 11.6 Å². The average molecular weight is 159 g/mol. The predicted molar refractivity (Wildman–Crippen MR) is 41.2 cm³/mol. The Labute approximate surface area is 66.2 Å². The summed E-state index contributed by atoms with van der Waals surface area (Å²) in [5.41, 5.74) is -0.731. The minimum atomic E-state index is -1.02. The molecule has 0 aliphatic carbocycles. The zero-order chi connectivity index (χ0) is 8.48. The highest BCUT2D eigenvalue weighted by atomic mass is 19.1. The maximum Gasteiger partial charge on any atom is 0.138 e. The molecule has 11 heavy (non-hydrogen) atoms. The fourth-order valence-corrected chi connectivity index (χ4v) is 1.36. The van der Waals surface area contributed by atoms with E-state index in [1.54, 1.807) is 6.92 Å². The molecule has 1 aliphatic rings. The predicted octanol–water partition coefficient (Wildman–Crippen LogP) is 0.913. The summed E-state index contributed by atoms with van der Waals surface area (Å²) in [5, 5.41) is 2.92. The topological polar surface area (TPSA) is 29.1 Å². The van der Waals surface area contributed by atoms with Crippen LogP contribution in [0.4, 0.5) is 4.39 Å². The van der Waals surface area contributed by atoms with Gasteiger partial charge in [-0.15, -0.1) is 0 Å². The Bertz CT molecular complexity index is 171. The van der Waals surface area contributed by atoms with Crippen molar-refractivity contribution < 1.29 is 9.18 Å².